The first-order valence-electron chi connectivity index (χ1n) is 11.2. The molecule has 28 heavy (non-hydrogen) atoms. The van der Waals surface area contributed by atoms with Gasteiger partial charge in [0.2, 0.25) is 0 Å². The Bertz CT molecular complexity index is 594. The number of nitrogens with one attached hydrogen (secondary N) is 2. The minimum absolute atomic E-state index is 0.493. The molecule has 0 amide bonds. The van der Waals surface area contributed by atoms with Gasteiger partial charge < -0.3 is 20.3 Å². The van der Waals surface area contributed by atoms with Gasteiger partial charge in [0, 0.05) is 39.0 Å². The average molecular weight is 388 g/mol. The van der Waals surface area contributed by atoms with E-state index in [1.807, 2.05) is 6.20 Å². The molecule has 1 aromatic heterocycles. The van der Waals surface area contributed by atoms with Gasteiger partial charge in [-0.2, -0.15) is 0 Å². The predicted octanol–water partition coefficient (Wildman–Crippen LogP) is 3.48. The van der Waals surface area contributed by atoms with Crippen LogP contribution in [0.4, 0.5) is 5.82 Å². The molecule has 1 aliphatic carbocycles. The maximum Gasteiger partial charge on any atom is 0.191 e. The smallest absolute Gasteiger partial charge is 0.191 e. The third kappa shape index (κ3) is 6.97. The van der Waals surface area contributed by atoms with Crippen molar-refractivity contribution >= 4 is 11.8 Å². The zero-order chi connectivity index (χ0) is 19.4. The number of anilines is 1. The van der Waals surface area contributed by atoms with Crippen LogP contribution >= 0.6 is 0 Å². The van der Waals surface area contributed by atoms with Crippen molar-refractivity contribution in [1.82, 2.24) is 15.6 Å². The highest BCUT2D eigenvalue weighted by atomic mass is 16.5. The fourth-order valence-electron chi connectivity index (χ4n) is 3.95. The Kier molecular flexibility index (Phi) is 8.88. The van der Waals surface area contributed by atoms with Crippen LogP contribution in [0.25, 0.3) is 0 Å². The van der Waals surface area contributed by atoms with Crippen LogP contribution in [0.15, 0.2) is 23.3 Å². The summed E-state index contributed by atoms with van der Waals surface area (Å²) < 4.78 is 6.00. The van der Waals surface area contributed by atoms with E-state index in [0.29, 0.717) is 12.6 Å². The molecule has 0 atom stereocenters. The van der Waals surface area contributed by atoms with E-state index in [0.717, 1.165) is 51.0 Å². The van der Waals surface area contributed by atoms with E-state index < -0.39 is 0 Å². The van der Waals surface area contributed by atoms with E-state index in [-0.39, 0.29) is 0 Å². The molecular weight excluding hydrogens is 350 g/mol. The lowest BCUT2D eigenvalue weighted by atomic mass is 9.98. The van der Waals surface area contributed by atoms with Crippen molar-refractivity contribution in [2.45, 2.75) is 70.9 Å². The summed E-state index contributed by atoms with van der Waals surface area (Å²) in [5.41, 5.74) is 1.20. The molecule has 0 radical (unpaired) electrons. The van der Waals surface area contributed by atoms with Gasteiger partial charge in [-0.1, -0.05) is 19.3 Å². The zero-order valence-electron chi connectivity index (χ0n) is 17.5. The van der Waals surface area contributed by atoms with Gasteiger partial charge in [0.1, 0.15) is 5.82 Å². The monoisotopic (exact) mass is 387 g/mol. The van der Waals surface area contributed by atoms with Gasteiger partial charge >= 0.3 is 0 Å². The molecule has 0 spiro atoms. The van der Waals surface area contributed by atoms with Crippen LogP contribution < -0.4 is 15.5 Å². The highest BCUT2D eigenvalue weighted by Crippen LogP contribution is 2.20. The molecule has 1 saturated carbocycles. The molecule has 2 aliphatic rings. The molecule has 1 aliphatic heterocycles. The summed E-state index contributed by atoms with van der Waals surface area (Å²) in [7, 11) is 0. The van der Waals surface area contributed by atoms with E-state index >= 15 is 0 Å². The largest absolute Gasteiger partial charge is 0.378 e. The highest BCUT2D eigenvalue weighted by Gasteiger charge is 2.14. The maximum atomic E-state index is 6.00. The second-order valence-electron chi connectivity index (χ2n) is 7.82. The van der Waals surface area contributed by atoms with E-state index in [1.165, 1.54) is 50.5 Å². The molecule has 2 N–H and O–H groups in total. The Morgan fingerprint density at radius 1 is 1.18 bits per heavy atom. The molecule has 1 aromatic rings. The second-order valence-corrected chi connectivity index (χ2v) is 7.82. The minimum atomic E-state index is 0.493. The molecule has 2 fully saturated rings. The van der Waals surface area contributed by atoms with Crippen molar-refractivity contribution in [2.75, 3.05) is 37.7 Å². The number of guanidine groups is 1. The fourth-order valence-corrected chi connectivity index (χ4v) is 3.95. The van der Waals surface area contributed by atoms with Crippen molar-refractivity contribution < 1.29 is 4.74 Å². The number of aliphatic imine (C=N–C) groups is 1. The SMILES string of the molecule is CCNC(=NCc1ccnc(N2CCCC2)c1)NCCCOC1CCCCC1. The number of ether oxygens (including phenoxy) is 1. The number of hydrogen-bond acceptors (Lipinski definition) is 4. The first kappa shape index (κ1) is 20.9. The molecular formula is C22H37N5O. The Morgan fingerprint density at radius 3 is 2.79 bits per heavy atom. The first-order chi connectivity index (χ1) is 13.8. The third-order valence-electron chi connectivity index (χ3n) is 5.52. The number of rotatable bonds is 9. The molecule has 1 saturated heterocycles. The standard InChI is InChI=1S/C22H37N5O/c1-2-23-22(25-12-8-16-28-20-9-4-3-5-10-20)26-18-19-11-13-24-21(17-19)27-14-6-7-15-27/h11,13,17,20H,2-10,12,14-16,18H2,1H3,(H2,23,25,26). The van der Waals surface area contributed by atoms with Crippen molar-refractivity contribution in [2.24, 2.45) is 4.99 Å². The van der Waals surface area contributed by atoms with Gasteiger partial charge in [-0.3, -0.25) is 0 Å². The van der Waals surface area contributed by atoms with Crippen molar-refractivity contribution in [3.8, 4) is 0 Å². The molecule has 156 valence electrons. The van der Waals surface area contributed by atoms with Gasteiger partial charge in [0.05, 0.1) is 12.6 Å². The molecule has 2 heterocycles. The number of pyridine rings is 1. The molecule has 0 bridgehead atoms. The Labute approximate surface area is 170 Å². The van der Waals surface area contributed by atoms with Gasteiger partial charge in [-0.25, -0.2) is 9.98 Å². The minimum Gasteiger partial charge on any atom is -0.378 e. The maximum absolute atomic E-state index is 6.00. The Hall–Kier alpha value is -1.82. The van der Waals surface area contributed by atoms with Crippen LogP contribution in [0, 0.1) is 0 Å². The summed E-state index contributed by atoms with van der Waals surface area (Å²) in [4.78, 5) is 11.6. The molecule has 6 heteroatoms. The predicted molar refractivity (Wildman–Crippen MR) is 116 cm³/mol. The molecule has 3 rings (SSSR count). The third-order valence-corrected chi connectivity index (χ3v) is 5.52. The summed E-state index contributed by atoms with van der Waals surface area (Å²) in [5.74, 6) is 1.96. The van der Waals surface area contributed by atoms with E-state index in [9.17, 15) is 0 Å². The number of hydrogen-bond donors (Lipinski definition) is 2. The topological polar surface area (TPSA) is 61.8 Å². The number of aromatic nitrogens is 1. The van der Waals surface area contributed by atoms with E-state index in [4.69, 9.17) is 9.73 Å². The normalized spacial score (nSPS) is 18.5. The first-order valence-corrected chi connectivity index (χ1v) is 11.2. The molecule has 0 unspecified atom stereocenters. The van der Waals surface area contributed by atoms with Gasteiger partial charge in [0.15, 0.2) is 5.96 Å². The van der Waals surface area contributed by atoms with Crippen LogP contribution in [-0.4, -0.2) is 49.8 Å². The summed E-state index contributed by atoms with van der Waals surface area (Å²) in [6.07, 6.45) is 12.4. The zero-order valence-corrected chi connectivity index (χ0v) is 17.5. The van der Waals surface area contributed by atoms with Gasteiger partial charge in [-0.15, -0.1) is 0 Å². The van der Waals surface area contributed by atoms with Crippen LogP contribution in [-0.2, 0) is 11.3 Å². The van der Waals surface area contributed by atoms with Crippen molar-refractivity contribution in [1.29, 1.82) is 0 Å². The lowest BCUT2D eigenvalue weighted by molar-refractivity contribution is 0.0277. The van der Waals surface area contributed by atoms with E-state index in [1.54, 1.807) is 0 Å². The Balaban J connectivity index is 1.41. The van der Waals surface area contributed by atoms with Crippen LogP contribution in [0.3, 0.4) is 0 Å². The lowest BCUT2D eigenvalue weighted by Gasteiger charge is -2.22. The van der Waals surface area contributed by atoms with Crippen molar-refractivity contribution in [3.05, 3.63) is 23.9 Å². The average Bonchev–Trinajstić information content (AvgIpc) is 3.28. The fraction of sp³-hybridized carbons (Fsp3) is 0.727. The molecule has 0 aromatic carbocycles. The number of nitrogens with zero attached hydrogens (tertiary/aromatic N) is 3. The van der Waals surface area contributed by atoms with Crippen molar-refractivity contribution in [3.63, 3.8) is 0 Å². The quantitative estimate of drug-likeness (QED) is 0.386. The van der Waals surface area contributed by atoms with Crippen LogP contribution in [0.2, 0.25) is 0 Å². The lowest BCUT2D eigenvalue weighted by Crippen LogP contribution is -2.38. The van der Waals surface area contributed by atoms with Gasteiger partial charge in [0.25, 0.3) is 0 Å². The summed E-state index contributed by atoms with van der Waals surface area (Å²) in [5, 5.41) is 6.77. The summed E-state index contributed by atoms with van der Waals surface area (Å²) in [6.45, 7) is 7.58. The summed E-state index contributed by atoms with van der Waals surface area (Å²) >= 11 is 0. The highest BCUT2D eigenvalue weighted by molar-refractivity contribution is 5.79. The summed E-state index contributed by atoms with van der Waals surface area (Å²) in [6, 6.07) is 4.24. The second kappa shape index (κ2) is 11.9. The van der Waals surface area contributed by atoms with Crippen LogP contribution in [0.1, 0.15) is 63.9 Å². The Morgan fingerprint density at radius 2 is 2.00 bits per heavy atom. The van der Waals surface area contributed by atoms with Gasteiger partial charge in [-0.05, 0) is 56.7 Å². The van der Waals surface area contributed by atoms with Crippen LogP contribution in [0.5, 0.6) is 0 Å². The van der Waals surface area contributed by atoms with E-state index in [2.05, 4.69) is 39.6 Å². The molecule has 6 nitrogen and oxygen atoms in total.